The second kappa shape index (κ2) is 9.81. The van der Waals surface area contributed by atoms with Gasteiger partial charge in [-0.05, 0) is 102 Å². The lowest BCUT2D eigenvalue weighted by Crippen LogP contribution is -2.54. The third-order valence-electron chi connectivity index (χ3n) is 13.0. The summed E-state index contributed by atoms with van der Waals surface area (Å²) in [6.45, 7) is 27.9. The largest absolute Gasteiger partial charge is 0.416 e. The van der Waals surface area contributed by atoms with Crippen LogP contribution in [0.15, 0.2) is 11.6 Å². The van der Waals surface area contributed by atoms with Gasteiger partial charge in [-0.2, -0.15) is 0 Å². The van der Waals surface area contributed by atoms with Gasteiger partial charge in [0, 0.05) is 12.0 Å². The van der Waals surface area contributed by atoms with Gasteiger partial charge in [0.2, 0.25) is 0 Å². The second-order valence-corrected chi connectivity index (χ2v) is 21.2. The number of aliphatic hydroxyl groups is 1. The van der Waals surface area contributed by atoms with Gasteiger partial charge >= 0.3 is 0 Å². The molecule has 1 N–H and O–H groups in total. The summed E-state index contributed by atoms with van der Waals surface area (Å²) >= 11 is 0. The highest BCUT2D eigenvalue weighted by Crippen LogP contribution is 2.68. The highest BCUT2D eigenvalue weighted by Gasteiger charge is 2.61. The molecule has 0 bridgehead atoms. The molecule has 0 heterocycles. The Balaban J connectivity index is 1.53. The predicted molar refractivity (Wildman–Crippen MR) is 157 cm³/mol. The van der Waals surface area contributed by atoms with E-state index in [9.17, 15) is 5.11 Å². The summed E-state index contributed by atoms with van der Waals surface area (Å²) in [6, 6.07) is 0. The van der Waals surface area contributed by atoms with Crippen molar-refractivity contribution in [3.05, 3.63) is 11.6 Å². The fourth-order valence-corrected chi connectivity index (χ4v) is 16.8. The van der Waals surface area contributed by atoms with E-state index >= 15 is 0 Å². The topological polar surface area (TPSA) is 29.5 Å². The first-order chi connectivity index (χ1) is 16.6. The van der Waals surface area contributed by atoms with E-state index in [2.05, 4.69) is 82.2 Å². The van der Waals surface area contributed by atoms with Crippen LogP contribution in [0.1, 0.15) is 121 Å². The molecule has 4 aliphatic carbocycles. The zero-order chi connectivity index (χ0) is 26.8. The molecule has 4 aliphatic rings. The van der Waals surface area contributed by atoms with Crippen LogP contribution in [-0.4, -0.2) is 26.1 Å². The van der Waals surface area contributed by atoms with Gasteiger partial charge in [-0.3, -0.25) is 0 Å². The SMILES string of the molecule is CC(C)[Si](OC[C@@H](C)[C@H]1CC[C@H]2[C@@H]3CC=C4C(C)(C)C(O)CC[C@]4(C)[C@H]3CC[C@]12C)(C(C)C)C(C)C. The highest BCUT2D eigenvalue weighted by atomic mass is 28.4. The summed E-state index contributed by atoms with van der Waals surface area (Å²) in [5, 5.41) is 10.8. The van der Waals surface area contributed by atoms with Gasteiger partial charge in [-0.15, -0.1) is 0 Å². The number of allylic oxidation sites excluding steroid dienone is 1. The summed E-state index contributed by atoms with van der Waals surface area (Å²) in [5.74, 6) is 3.93. The van der Waals surface area contributed by atoms with E-state index in [4.69, 9.17) is 4.43 Å². The lowest BCUT2D eigenvalue weighted by molar-refractivity contribution is -0.0795. The van der Waals surface area contributed by atoms with Crippen LogP contribution in [0.2, 0.25) is 16.6 Å². The molecule has 0 aromatic heterocycles. The van der Waals surface area contributed by atoms with Crippen LogP contribution in [0.25, 0.3) is 0 Å². The van der Waals surface area contributed by atoms with Crippen LogP contribution in [0.5, 0.6) is 0 Å². The van der Waals surface area contributed by atoms with E-state index in [0.29, 0.717) is 28.0 Å². The third kappa shape index (κ3) is 4.15. The molecule has 0 spiro atoms. The van der Waals surface area contributed by atoms with Gasteiger partial charge in [-0.1, -0.05) is 87.8 Å². The fourth-order valence-electron chi connectivity index (χ4n) is 11.3. The van der Waals surface area contributed by atoms with Crippen molar-refractivity contribution >= 4 is 8.32 Å². The first-order valence-corrected chi connectivity index (χ1v) is 17.8. The molecule has 0 aliphatic heterocycles. The number of hydrogen-bond donors (Lipinski definition) is 1. The Kier molecular flexibility index (Phi) is 7.87. The average Bonchev–Trinajstić information content (AvgIpc) is 3.13. The van der Waals surface area contributed by atoms with Crippen molar-refractivity contribution in [1.82, 2.24) is 0 Å². The predicted octanol–water partition coefficient (Wildman–Crippen LogP) is 9.39. The Bertz CT molecular complexity index is 806. The number of aliphatic hydroxyl groups excluding tert-OH is 1. The average molecular weight is 517 g/mol. The smallest absolute Gasteiger partial charge is 0.200 e. The number of rotatable bonds is 7. The van der Waals surface area contributed by atoms with Crippen molar-refractivity contribution in [3.63, 3.8) is 0 Å². The normalized spacial score (nSPS) is 41.2. The molecular weight excluding hydrogens is 456 g/mol. The zero-order valence-corrected chi connectivity index (χ0v) is 26.8. The Hall–Kier alpha value is -0.123. The third-order valence-corrected chi connectivity index (χ3v) is 19.1. The minimum Gasteiger partial charge on any atom is -0.416 e. The second-order valence-electron chi connectivity index (χ2n) is 15.8. The van der Waals surface area contributed by atoms with Gasteiger partial charge in [0.15, 0.2) is 8.32 Å². The number of hydrogen-bond acceptors (Lipinski definition) is 2. The van der Waals surface area contributed by atoms with E-state index in [1.807, 2.05) is 0 Å². The molecule has 0 saturated heterocycles. The van der Waals surface area contributed by atoms with Gasteiger partial charge in [0.1, 0.15) is 0 Å². The molecule has 4 rings (SSSR count). The summed E-state index contributed by atoms with van der Waals surface area (Å²) in [5.41, 5.74) is 4.26. The molecule has 3 heteroatoms. The van der Waals surface area contributed by atoms with E-state index in [-0.39, 0.29) is 16.9 Å². The molecule has 0 amide bonds. The molecular formula is C33H60O2Si. The summed E-state index contributed by atoms with van der Waals surface area (Å²) in [7, 11) is -1.81. The van der Waals surface area contributed by atoms with E-state index in [0.717, 1.165) is 36.7 Å². The summed E-state index contributed by atoms with van der Waals surface area (Å²) < 4.78 is 7.14. The standard InChI is InChI=1S/C33H60O2Si/c1-21(2)36(22(3)4,23(5)6)35-20-24(7)26-13-14-27-25-12-15-29-31(8,9)30(34)17-19-33(29,11)28(25)16-18-32(26,27)10/h15,21-28,30,34H,12-14,16-20H2,1-11H3/t24-,25+,26-,27+,28+,30?,32-,33-/m1/s1. The fraction of sp³-hybridized carbons (Fsp3) is 0.939. The monoisotopic (exact) mass is 516 g/mol. The van der Waals surface area contributed by atoms with E-state index in [1.54, 1.807) is 5.57 Å². The molecule has 0 aromatic rings. The molecule has 8 atom stereocenters. The first kappa shape index (κ1) is 28.9. The molecule has 36 heavy (non-hydrogen) atoms. The zero-order valence-electron chi connectivity index (χ0n) is 25.8. The molecule has 0 radical (unpaired) electrons. The Morgan fingerprint density at radius 3 is 2.06 bits per heavy atom. The van der Waals surface area contributed by atoms with Crippen LogP contribution in [0.3, 0.4) is 0 Å². The van der Waals surface area contributed by atoms with Crippen LogP contribution in [0.4, 0.5) is 0 Å². The first-order valence-electron chi connectivity index (χ1n) is 15.7. The minimum absolute atomic E-state index is 0.0670. The Morgan fingerprint density at radius 1 is 0.861 bits per heavy atom. The van der Waals surface area contributed by atoms with E-state index < -0.39 is 8.32 Å². The van der Waals surface area contributed by atoms with Crippen molar-refractivity contribution in [2.24, 2.45) is 45.8 Å². The highest BCUT2D eigenvalue weighted by molar-refractivity contribution is 6.77. The Labute approximate surface area is 225 Å². The van der Waals surface area contributed by atoms with Crippen LogP contribution >= 0.6 is 0 Å². The maximum absolute atomic E-state index is 10.8. The van der Waals surface area contributed by atoms with Gasteiger partial charge < -0.3 is 9.53 Å². The van der Waals surface area contributed by atoms with Crippen molar-refractivity contribution in [2.45, 2.75) is 144 Å². The number of fused-ring (bicyclic) bond motifs is 5. The molecule has 3 fully saturated rings. The maximum atomic E-state index is 10.8. The summed E-state index contributed by atoms with van der Waals surface area (Å²) in [6.07, 6.45) is 11.4. The van der Waals surface area contributed by atoms with Crippen LogP contribution < -0.4 is 0 Å². The minimum atomic E-state index is -1.81. The maximum Gasteiger partial charge on any atom is 0.200 e. The molecule has 208 valence electrons. The lowest BCUT2D eigenvalue weighted by Gasteiger charge is -2.61. The quantitative estimate of drug-likeness (QED) is 0.270. The van der Waals surface area contributed by atoms with Gasteiger partial charge in [0.25, 0.3) is 0 Å². The van der Waals surface area contributed by atoms with Crippen LogP contribution in [0, 0.1) is 45.8 Å². The van der Waals surface area contributed by atoms with Crippen molar-refractivity contribution in [3.8, 4) is 0 Å². The summed E-state index contributed by atoms with van der Waals surface area (Å²) in [4.78, 5) is 0. The van der Waals surface area contributed by atoms with E-state index in [1.165, 1.54) is 38.5 Å². The van der Waals surface area contributed by atoms with Crippen molar-refractivity contribution < 1.29 is 9.53 Å². The molecule has 2 nitrogen and oxygen atoms in total. The van der Waals surface area contributed by atoms with Crippen molar-refractivity contribution in [2.75, 3.05) is 6.61 Å². The van der Waals surface area contributed by atoms with Gasteiger partial charge in [-0.25, -0.2) is 0 Å². The van der Waals surface area contributed by atoms with Crippen molar-refractivity contribution in [1.29, 1.82) is 0 Å². The van der Waals surface area contributed by atoms with Gasteiger partial charge in [0.05, 0.1) is 6.10 Å². The lowest BCUT2D eigenvalue weighted by atomic mass is 9.44. The van der Waals surface area contributed by atoms with Crippen LogP contribution in [-0.2, 0) is 4.43 Å². The molecule has 3 saturated carbocycles. The Morgan fingerprint density at radius 2 is 1.47 bits per heavy atom. The molecule has 0 aromatic carbocycles. The molecule has 1 unspecified atom stereocenters.